The summed E-state index contributed by atoms with van der Waals surface area (Å²) in [5.74, 6) is 1.23. The van der Waals surface area contributed by atoms with Crippen LogP contribution in [0.5, 0.6) is 5.75 Å². The molecule has 1 amide bonds. The van der Waals surface area contributed by atoms with Crippen molar-refractivity contribution < 1.29 is 9.53 Å². The second-order valence-electron chi connectivity index (χ2n) is 6.59. The number of nitrogens with zero attached hydrogens (tertiary/aromatic N) is 3. The second kappa shape index (κ2) is 8.65. The number of carbonyl (C=O) groups excluding carboxylic acids is 1. The first kappa shape index (κ1) is 18.2. The van der Waals surface area contributed by atoms with E-state index in [2.05, 4.69) is 20.2 Å². The Morgan fingerprint density at radius 1 is 1.15 bits per heavy atom. The molecule has 3 rings (SSSR count). The van der Waals surface area contributed by atoms with Gasteiger partial charge in [0.1, 0.15) is 11.4 Å². The SMILES string of the molecule is COc1ccccc1CNC(=O)c1cc(C)nc(N2CCCCCC2)n1. The molecule has 2 aromatic rings. The van der Waals surface area contributed by atoms with E-state index < -0.39 is 0 Å². The number of para-hydroxylation sites is 1. The molecular formula is C20H26N4O2. The van der Waals surface area contributed by atoms with Crippen molar-refractivity contribution in [3.63, 3.8) is 0 Å². The van der Waals surface area contributed by atoms with Crippen LogP contribution in [-0.2, 0) is 6.54 Å². The van der Waals surface area contributed by atoms with Gasteiger partial charge in [0.05, 0.1) is 7.11 Å². The van der Waals surface area contributed by atoms with Gasteiger partial charge in [-0.15, -0.1) is 0 Å². The van der Waals surface area contributed by atoms with Crippen LogP contribution < -0.4 is 15.0 Å². The summed E-state index contributed by atoms with van der Waals surface area (Å²) >= 11 is 0. The van der Waals surface area contributed by atoms with E-state index >= 15 is 0 Å². The fourth-order valence-electron chi connectivity index (χ4n) is 3.20. The first-order valence-electron chi connectivity index (χ1n) is 9.18. The zero-order chi connectivity index (χ0) is 18.4. The van der Waals surface area contributed by atoms with Gasteiger partial charge in [-0.3, -0.25) is 4.79 Å². The molecule has 1 N–H and O–H groups in total. The third-order valence-electron chi connectivity index (χ3n) is 4.60. The summed E-state index contributed by atoms with van der Waals surface area (Å²) < 4.78 is 5.33. The van der Waals surface area contributed by atoms with Crippen molar-refractivity contribution in [2.24, 2.45) is 0 Å². The van der Waals surface area contributed by atoms with Crippen LogP contribution >= 0.6 is 0 Å². The lowest BCUT2D eigenvalue weighted by Gasteiger charge is -2.21. The fraction of sp³-hybridized carbons (Fsp3) is 0.450. The third kappa shape index (κ3) is 4.50. The highest BCUT2D eigenvalue weighted by atomic mass is 16.5. The normalized spacial score (nSPS) is 14.6. The fourth-order valence-corrected chi connectivity index (χ4v) is 3.20. The van der Waals surface area contributed by atoms with Crippen LogP contribution in [-0.4, -0.2) is 36.1 Å². The molecule has 1 aliphatic heterocycles. The number of nitrogens with one attached hydrogen (secondary N) is 1. The van der Waals surface area contributed by atoms with Gasteiger partial charge in [-0.2, -0.15) is 0 Å². The Labute approximate surface area is 154 Å². The van der Waals surface area contributed by atoms with E-state index in [-0.39, 0.29) is 5.91 Å². The lowest BCUT2D eigenvalue weighted by atomic mass is 10.2. The smallest absolute Gasteiger partial charge is 0.270 e. The summed E-state index contributed by atoms with van der Waals surface area (Å²) in [4.78, 5) is 23.9. The lowest BCUT2D eigenvalue weighted by molar-refractivity contribution is 0.0945. The molecule has 0 unspecified atom stereocenters. The average Bonchev–Trinajstić information content (AvgIpc) is 2.95. The molecule has 6 heteroatoms. The Hall–Kier alpha value is -2.63. The van der Waals surface area contributed by atoms with Crippen LogP contribution in [0.3, 0.4) is 0 Å². The summed E-state index contributed by atoms with van der Waals surface area (Å²) in [5.41, 5.74) is 2.15. The molecule has 26 heavy (non-hydrogen) atoms. The van der Waals surface area contributed by atoms with Crippen molar-refractivity contribution >= 4 is 11.9 Å². The Bertz CT molecular complexity index is 755. The van der Waals surface area contributed by atoms with E-state index in [0.29, 0.717) is 18.2 Å². The van der Waals surface area contributed by atoms with Crippen LogP contribution in [0.4, 0.5) is 5.95 Å². The van der Waals surface area contributed by atoms with Gasteiger partial charge in [0, 0.05) is 30.9 Å². The zero-order valence-corrected chi connectivity index (χ0v) is 15.5. The number of rotatable bonds is 5. The van der Waals surface area contributed by atoms with Crippen LogP contribution in [0.1, 0.15) is 47.4 Å². The van der Waals surface area contributed by atoms with Gasteiger partial charge in [-0.1, -0.05) is 31.0 Å². The Kier molecular flexibility index (Phi) is 6.04. The van der Waals surface area contributed by atoms with Crippen LogP contribution in [0.25, 0.3) is 0 Å². The molecule has 1 aromatic carbocycles. The van der Waals surface area contributed by atoms with Crippen molar-refractivity contribution in [3.8, 4) is 5.75 Å². The van der Waals surface area contributed by atoms with Crippen LogP contribution in [0.2, 0.25) is 0 Å². The van der Waals surface area contributed by atoms with E-state index in [1.807, 2.05) is 31.2 Å². The number of aryl methyl sites for hydroxylation is 1. The topological polar surface area (TPSA) is 67.3 Å². The molecule has 1 aliphatic rings. The molecule has 0 saturated carbocycles. The highest BCUT2D eigenvalue weighted by molar-refractivity contribution is 5.92. The number of aromatic nitrogens is 2. The summed E-state index contributed by atoms with van der Waals surface area (Å²) in [7, 11) is 1.63. The maximum atomic E-state index is 12.6. The molecule has 1 aromatic heterocycles. The van der Waals surface area contributed by atoms with E-state index in [1.165, 1.54) is 12.8 Å². The Morgan fingerprint density at radius 3 is 2.62 bits per heavy atom. The van der Waals surface area contributed by atoms with Crippen molar-refractivity contribution in [1.29, 1.82) is 0 Å². The van der Waals surface area contributed by atoms with Crippen molar-refractivity contribution in [3.05, 3.63) is 47.3 Å². The molecule has 1 fully saturated rings. The molecule has 0 radical (unpaired) electrons. The molecule has 2 heterocycles. The number of anilines is 1. The van der Waals surface area contributed by atoms with E-state index in [9.17, 15) is 4.79 Å². The van der Waals surface area contributed by atoms with Gasteiger partial charge in [-0.05, 0) is 31.9 Å². The number of amides is 1. The van der Waals surface area contributed by atoms with Gasteiger partial charge in [0.25, 0.3) is 5.91 Å². The van der Waals surface area contributed by atoms with Crippen LogP contribution in [0, 0.1) is 6.92 Å². The molecular weight excluding hydrogens is 328 g/mol. The predicted molar refractivity (Wildman–Crippen MR) is 102 cm³/mol. The second-order valence-corrected chi connectivity index (χ2v) is 6.59. The zero-order valence-electron chi connectivity index (χ0n) is 15.5. The maximum absolute atomic E-state index is 12.6. The summed E-state index contributed by atoms with van der Waals surface area (Å²) in [6.45, 7) is 4.20. The number of ether oxygens (including phenoxy) is 1. The number of hydrogen-bond donors (Lipinski definition) is 1. The summed E-state index contributed by atoms with van der Waals surface area (Å²) in [5, 5.41) is 2.93. The maximum Gasteiger partial charge on any atom is 0.270 e. The molecule has 0 atom stereocenters. The van der Waals surface area contributed by atoms with Crippen molar-refractivity contribution in [2.75, 3.05) is 25.1 Å². The number of methoxy groups -OCH3 is 1. The standard InChI is InChI=1S/C20H26N4O2/c1-15-13-17(23-20(22-15)24-11-7-3-4-8-12-24)19(25)21-14-16-9-5-6-10-18(16)26-2/h5-6,9-10,13H,3-4,7-8,11-12,14H2,1-2H3,(H,21,25). The molecule has 6 nitrogen and oxygen atoms in total. The largest absolute Gasteiger partial charge is 0.496 e. The summed E-state index contributed by atoms with van der Waals surface area (Å²) in [6, 6.07) is 9.39. The highest BCUT2D eigenvalue weighted by Crippen LogP contribution is 2.18. The van der Waals surface area contributed by atoms with E-state index in [4.69, 9.17) is 4.74 Å². The summed E-state index contributed by atoms with van der Waals surface area (Å²) in [6.07, 6.45) is 4.78. The number of hydrogen-bond acceptors (Lipinski definition) is 5. The van der Waals surface area contributed by atoms with Gasteiger partial charge in [0.2, 0.25) is 5.95 Å². The Balaban J connectivity index is 1.72. The molecule has 1 saturated heterocycles. The van der Waals surface area contributed by atoms with Crippen LogP contribution in [0.15, 0.2) is 30.3 Å². The average molecular weight is 354 g/mol. The molecule has 0 aliphatic carbocycles. The number of benzene rings is 1. The van der Waals surface area contributed by atoms with E-state index in [1.54, 1.807) is 13.2 Å². The number of carbonyl (C=O) groups is 1. The minimum atomic E-state index is -0.197. The minimum absolute atomic E-state index is 0.197. The van der Waals surface area contributed by atoms with Crippen molar-refractivity contribution in [2.45, 2.75) is 39.2 Å². The minimum Gasteiger partial charge on any atom is -0.496 e. The first-order valence-corrected chi connectivity index (χ1v) is 9.18. The van der Waals surface area contributed by atoms with Crippen molar-refractivity contribution in [1.82, 2.24) is 15.3 Å². The van der Waals surface area contributed by atoms with Gasteiger partial charge >= 0.3 is 0 Å². The Morgan fingerprint density at radius 2 is 1.88 bits per heavy atom. The third-order valence-corrected chi connectivity index (χ3v) is 4.60. The lowest BCUT2D eigenvalue weighted by Crippen LogP contribution is -2.29. The van der Waals surface area contributed by atoms with Gasteiger partial charge in [0.15, 0.2) is 0 Å². The van der Waals surface area contributed by atoms with Gasteiger partial charge < -0.3 is 15.0 Å². The monoisotopic (exact) mass is 354 g/mol. The highest BCUT2D eigenvalue weighted by Gasteiger charge is 2.16. The van der Waals surface area contributed by atoms with Gasteiger partial charge in [-0.25, -0.2) is 9.97 Å². The van der Waals surface area contributed by atoms with E-state index in [0.717, 1.165) is 42.9 Å². The first-order chi connectivity index (χ1) is 12.7. The molecule has 138 valence electrons. The molecule has 0 bridgehead atoms. The predicted octanol–water partition coefficient (Wildman–Crippen LogP) is 3.10. The molecule has 0 spiro atoms. The quantitative estimate of drug-likeness (QED) is 0.894.